The zero-order valence-corrected chi connectivity index (χ0v) is 19.5. The third-order valence-electron chi connectivity index (χ3n) is 5.67. The first kappa shape index (κ1) is 22.1. The maximum absolute atomic E-state index is 14.1. The second kappa shape index (κ2) is 9.20. The Morgan fingerprint density at radius 3 is 2.59 bits per heavy atom. The summed E-state index contributed by atoms with van der Waals surface area (Å²) in [6.45, 7) is 9.17. The minimum absolute atomic E-state index is 0.305. The lowest BCUT2D eigenvalue weighted by molar-refractivity contribution is 0.390. The molecule has 3 aromatic rings. The van der Waals surface area contributed by atoms with Gasteiger partial charge < -0.3 is 14.7 Å². The Bertz CT molecular complexity index is 1150. The first-order valence-corrected chi connectivity index (χ1v) is 11.2. The molecule has 7 heteroatoms. The number of hydrogen-bond donors (Lipinski definition) is 1. The van der Waals surface area contributed by atoms with Crippen LogP contribution in [0.3, 0.4) is 0 Å². The van der Waals surface area contributed by atoms with E-state index >= 15 is 0 Å². The Labute approximate surface area is 193 Å². The summed E-state index contributed by atoms with van der Waals surface area (Å²) in [4.78, 5) is 6.76. The molecule has 1 aromatic heterocycles. The number of nitrogens with zero attached hydrogens (tertiary/aromatic N) is 3. The van der Waals surface area contributed by atoms with Crippen molar-refractivity contribution >= 4 is 22.9 Å². The van der Waals surface area contributed by atoms with Crippen LogP contribution in [0.25, 0.3) is 17.0 Å². The molecule has 1 aliphatic rings. The molecule has 0 saturated carbocycles. The third-order valence-corrected chi connectivity index (χ3v) is 6.01. The van der Waals surface area contributed by atoms with Crippen molar-refractivity contribution in [3.63, 3.8) is 0 Å². The van der Waals surface area contributed by atoms with Crippen LogP contribution in [0.4, 0.5) is 4.39 Å². The van der Waals surface area contributed by atoms with Crippen LogP contribution in [0.5, 0.6) is 0 Å². The first-order valence-electron chi connectivity index (χ1n) is 10.8. The molecule has 2 heterocycles. The van der Waals surface area contributed by atoms with Crippen LogP contribution in [-0.2, 0) is 0 Å². The molecule has 1 aliphatic heterocycles. The van der Waals surface area contributed by atoms with Crippen molar-refractivity contribution in [2.75, 3.05) is 6.54 Å². The van der Waals surface area contributed by atoms with Gasteiger partial charge in [-0.05, 0) is 56.1 Å². The summed E-state index contributed by atoms with van der Waals surface area (Å²) in [5.74, 6) is 1.14. The zero-order valence-electron chi connectivity index (χ0n) is 18.7. The largest absolute Gasteiger partial charge is 0.351 e. The minimum atomic E-state index is -0.389. The van der Waals surface area contributed by atoms with Gasteiger partial charge in [0, 0.05) is 17.8 Å². The molecule has 2 aromatic carbocycles. The summed E-state index contributed by atoms with van der Waals surface area (Å²) in [6, 6.07) is 14.1. The Balaban J connectivity index is 1.79. The summed E-state index contributed by atoms with van der Waals surface area (Å²) in [7, 11) is 0. The molecular formula is C25H27FN4OS. The van der Waals surface area contributed by atoms with E-state index < -0.39 is 0 Å². The van der Waals surface area contributed by atoms with E-state index in [1.54, 1.807) is 6.07 Å². The lowest BCUT2D eigenvalue weighted by Gasteiger charge is -2.37. The average molecular weight is 451 g/mol. The summed E-state index contributed by atoms with van der Waals surface area (Å²) >= 11 is 5.68. The van der Waals surface area contributed by atoms with Crippen molar-refractivity contribution in [3.8, 4) is 11.4 Å². The standard InChI is InChI=1S/C25H27FN4OS/c1-15(2)12-13-30-17(4)21(22(27-25(30)32)19-6-5-7-20(26)14-19)24-28-23(29-31-24)18-10-8-16(3)9-11-18/h5-11,14-15,22H,12-13H2,1-4H3,(H,27,32). The Morgan fingerprint density at radius 2 is 1.91 bits per heavy atom. The monoisotopic (exact) mass is 450 g/mol. The van der Waals surface area contributed by atoms with Crippen LogP contribution in [0.2, 0.25) is 0 Å². The van der Waals surface area contributed by atoms with Gasteiger partial charge in [-0.3, -0.25) is 0 Å². The second-order valence-corrected chi connectivity index (χ2v) is 8.95. The van der Waals surface area contributed by atoms with Crippen LogP contribution in [0.1, 0.15) is 50.3 Å². The molecule has 1 unspecified atom stereocenters. The van der Waals surface area contributed by atoms with Crippen LogP contribution in [0, 0.1) is 18.7 Å². The molecular weight excluding hydrogens is 423 g/mol. The maximum Gasteiger partial charge on any atom is 0.258 e. The lowest BCUT2D eigenvalue weighted by atomic mass is 9.94. The van der Waals surface area contributed by atoms with Gasteiger partial charge in [0.1, 0.15) is 5.82 Å². The molecule has 1 N–H and O–H groups in total. The number of hydrogen-bond acceptors (Lipinski definition) is 4. The lowest BCUT2D eigenvalue weighted by Crippen LogP contribution is -2.46. The highest BCUT2D eigenvalue weighted by molar-refractivity contribution is 7.80. The average Bonchev–Trinajstić information content (AvgIpc) is 3.23. The van der Waals surface area contributed by atoms with E-state index in [-0.39, 0.29) is 11.9 Å². The van der Waals surface area contributed by atoms with Crippen molar-refractivity contribution in [3.05, 3.63) is 77.1 Å². The van der Waals surface area contributed by atoms with Crippen molar-refractivity contribution in [1.82, 2.24) is 20.4 Å². The van der Waals surface area contributed by atoms with Crippen molar-refractivity contribution in [1.29, 1.82) is 0 Å². The van der Waals surface area contributed by atoms with Gasteiger partial charge in [-0.15, -0.1) is 0 Å². The fraction of sp³-hybridized carbons (Fsp3) is 0.320. The van der Waals surface area contributed by atoms with Gasteiger partial charge >= 0.3 is 0 Å². The molecule has 1 atom stereocenters. The fourth-order valence-corrected chi connectivity index (χ4v) is 4.15. The summed E-state index contributed by atoms with van der Waals surface area (Å²) in [5.41, 5.74) is 4.52. The van der Waals surface area contributed by atoms with E-state index in [4.69, 9.17) is 21.7 Å². The quantitative estimate of drug-likeness (QED) is 0.473. The van der Waals surface area contributed by atoms with E-state index in [1.165, 1.54) is 12.1 Å². The number of rotatable bonds is 6. The number of aryl methyl sites for hydroxylation is 1. The first-order chi connectivity index (χ1) is 15.3. The van der Waals surface area contributed by atoms with Gasteiger partial charge in [-0.1, -0.05) is 61.0 Å². The number of nitrogens with one attached hydrogen (secondary N) is 1. The highest BCUT2D eigenvalue weighted by Gasteiger charge is 2.34. The number of aromatic nitrogens is 2. The third kappa shape index (κ3) is 4.58. The highest BCUT2D eigenvalue weighted by atomic mass is 32.1. The van der Waals surface area contributed by atoms with Crippen molar-refractivity contribution in [2.45, 2.75) is 40.2 Å². The molecule has 0 bridgehead atoms. The van der Waals surface area contributed by atoms with Gasteiger partial charge in [0.15, 0.2) is 5.11 Å². The van der Waals surface area contributed by atoms with Gasteiger partial charge in [-0.25, -0.2) is 4.39 Å². The molecule has 0 saturated heterocycles. The SMILES string of the molecule is CC1=C(c2nc(-c3ccc(C)cc3)no2)C(c2cccc(F)c2)NC(=S)N1CCC(C)C. The molecule has 0 fully saturated rings. The van der Waals surface area contributed by atoms with E-state index in [1.807, 2.05) is 44.2 Å². The summed E-state index contributed by atoms with van der Waals surface area (Å²) < 4.78 is 19.8. The Kier molecular flexibility index (Phi) is 6.37. The van der Waals surface area contributed by atoms with Crippen LogP contribution in [-0.4, -0.2) is 26.7 Å². The minimum Gasteiger partial charge on any atom is -0.351 e. The van der Waals surface area contributed by atoms with Gasteiger partial charge in [0.25, 0.3) is 5.89 Å². The Morgan fingerprint density at radius 1 is 1.16 bits per heavy atom. The molecule has 166 valence electrons. The van der Waals surface area contributed by atoms with Gasteiger partial charge in [-0.2, -0.15) is 4.98 Å². The van der Waals surface area contributed by atoms with E-state index in [9.17, 15) is 4.39 Å². The molecule has 0 amide bonds. The summed E-state index contributed by atoms with van der Waals surface area (Å²) in [6.07, 6.45) is 0.982. The van der Waals surface area contributed by atoms with Gasteiger partial charge in [0.2, 0.25) is 5.82 Å². The van der Waals surface area contributed by atoms with E-state index in [0.717, 1.165) is 40.9 Å². The number of allylic oxidation sites excluding steroid dienone is 1. The van der Waals surface area contributed by atoms with Crippen LogP contribution in [0.15, 0.2) is 58.8 Å². The predicted octanol–water partition coefficient (Wildman–Crippen LogP) is 5.89. The normalized spacial score (nSPS) is 16.6. The molecule has 0 radical (unpaired) electrons. The van der Waals surface area contributed by atoms with Crippen molar-refractivity contribution in [2.24, 2.45) is 5.92 Å². The molecule has 5 nitrogen and oxygen atoms in total. The zero-order chi connectivity index (χ0) is 22.8. The van der Waals surface area contributed by atoms with Crippen LogP contribution >= 0.6 is 12.2 Å². The topological polar surface area (TPSA) is 54.2 Å². The second-order valence-electron chi connectivity index (χ2n) is 8.56. The number of thiocarbonyl (C=S) groups is 1. The van der Waals surface area contributed by atoms with Crippen LogP contribution < -0.4 is 5.32 Å². The van der Waals surface area contributed by atoms with Crippen molar-refractivity contribution < 1.29 is 8.91 Å². The Hall–Kier alpha value is -3.06. The molecule has 0 spiro atoms. The maximum atomic E-state index is 14.1. The highest BCUT2D eigenvalue weighted by Crippen LogP contribution is 2.37. The van der Waals surface area contributed by atoms with E-state index in [2.05, 4.69) is 29.2 Å². The molecule has 4 rings (SSSR count). The predicted molar refractivity (Wildman–Crippen MR) is 128 cm³/mol. The van der Waals surface area contributed by atoms with Gasteiger partial charge in [0.05, 0.1) is 11.6 Å². The molecule has 0 aliphatic carbocycles. The molecule has 32 heavy (non-hydrogen) atoms. The number of halogens is 1. The summed E-state index contributed by atoms with van der Waals surface area (Å²) in [5, 5.41) is 8.20. The number of benzene rings is 2. The van der Waals surface area contributed by atoms with E-state index in [0.29, 0.717) is 22.7 Å². The smallest absolute Gasteiger partial charge is 0.258 e. The fourth-order valence-electron chi connectivity index (χ4n) is 3.80.